The molecule has 0 aromatic carbocycles. The predicted octanol–water partition coefficient (Wildman–Crippen LogP) is 2.82. The molecule has 2 atom stereocenters. The van der Waals surface area contributed by atoms with Gasteiger partial charge in [0, 0.05) is 18.5 Å². The van der Waals surface area contributed by atoms with Crippen LogP contribution >= 0.6 is 11.3 Å². The number of amides is 1. The van der Waals surface area contributed by atoms with Crippen LogP contribution in [0.5, 0.6) is 0 Å². The van der Waals surface area contributed by atoms with Crippen LogP contribution in [0, 0.1) is 18.8 Å². The largest absolute Gasteiger partial charge is 0.481 e. The molecule has 0 bridgehead atoms. The molecule has 128 valence electrons. The number of thiazole rings is 1. The Morgan fingerprint density at radius 3 is 2.88 bits per heavy atom. The van der Waals surface area contributed by atoms with Crippen LogP contribution in [-0.2, 0) is 16.0 Å². The lowest BCUT2D eigenvalue weighted by Gasteiger charge is -2.34. The highest BCUT2D eigenvalue weighted by Gasteiger charge is 2.32. The molecule has 0 saturated carbocycles. The van der Waals surface area contributed by atoms with Gasteiger partial charge < -0.3 is 14.4 Å². The van der Waals surface area contributed by atoms with Crippen LogP contribution in [0.2, 0.25) is 0 Å². The number of piperidine rings is 1. The van der Waals surface area contributed by atoms with Gasteiger partial charge in [-0.1, -0.05) is 6.92 Å². The van der Waals surface area contributed by atoms with E-state index in [9.17, 15) is 14.7 Å². The van der Waals surface area contributed by atoms with Crippen LogP contribution < -0.4 is 0 Å². The van der Waals surface area contributed by atoms with Gasteiger partial charge in [-0.15, -0.1) is 11.3 Å². The van der Waals surface area contributed by atoms with E-state index in [2.05, 4.69) is 4.98 Å². The van der Waals surface area contributed by atoms with Gasteiger partial charge in [0.2, 0.25) is 5.91 Å². The Labute approximate surface area is 144 Å². The first kappa shape index (κ1) is 16.7. The van der Waals surface area contributed by atoms with E-state index in [4.69, 9.17) is 4.42 Å². The lowest BCUT2D eigenvalue weighted by atomic mass is 9.90. The van der Waals surface area contributed by atoms with E-state index >= 15 is 0 Å². The summed E-state index contributed by atoms with van der Waals surface area (Å²) in [5, 5.41) is 11.8. The number of likely N-dealkylation sites (tertiary alicyclic amines) is 1. The molecule has 3 rings (SSSR count). The van der Waals surface area contributed by atoms with Crippen molar-refractivity contribution in [2.75, 3.05) is 13.1 Å². The fraction of sp³-hybridized carbons (Fsp3) is 0.471. The number of carbonyl (C=O) groups excluding carboxylic acids is 1. The number of aromatic nitrogens is 1. The van der Waals surface area contributed by atoms with Gasteiger partial charge in [0.1, 0.15) is 5.76 Å². The third-order valence-corrected chi connectivity index (χ3v) is 5.10. The van der Waals surface area contributed by atoms with Crippen molar-refractivity contribution in [3.05, 3.63) is 29.0 Å². The maximum Gasteiger partial charge on any atom is 0.308 e. The molecule has 3 heterocycles. The van der Waals surface area contributed by atoms with Crippen molar-refractivity contribution in [1.29, 1.82) is 0 Å². The Balaban J connectivity index is 1.66. The highest BCUT2D eigenvalue weighted by Crippen LogP contribution is 2.27. The summed E-state index contributed by atoms with van der Waals surface area (Å²) in [6, 6.07) is 3.74. The quantitative estimate of drug-likeness (QED) is 0.918. The summed E-state index contributed by atoms with van der Waals surface area (Å²) < 4.78 is 5.55. The summed E-state index contributed by atoms with van der Waals surface area (Å²) >= 11 is 1.44. The maximum atomic E-state index is 12.5. The summed E-state index contributed by atoms with van der Waals surface area (Å²) in [6.45, 7) is 4.75. The van der Waals surface area contributed by atoms with Gasteiger partial charge >= 0.3 is 5.97 Å². The smallest absolute Gasteiger partial charge is 0.308 e. The second-order valence-corrected chi connectivity index (χ2v) is 7.26. The molecule has 6 nitrogen and oxygen atoms in total. The zero-order valence-electron chi connectivity index (χ0n) is 13.7. The van der Waals surface area contributed by atoms with Crippen molar-refractivity contribution in [1.82, 2.24) is 9.88 Å². The van der Waals surface area contributed by atoms with Crippen molar-refractivity contribution < 1.29 is 19.1 Å². The number of carboxylic acids is 1. The van der Waals surface area contributed by atoms with Crippen molar-refractivity contribution in [2.45, 2.75) is 26.7 Å². The molecule has 24 heavy (non-hydrogen) atoms. The minimum atomic E-state index is -0.830. The van der Waals surface area contributed by atoms with Crippen LogP contribution in [0.25, 0.3) is 10.8 Å². The van der Waals surface area contributed by atoms with Crippen LogP contribution in [0.4, 0.5) is 0 Å². The molecule has 2 aromatic heterocycles. The number of rotatable bonds is 4. The van der Waals surface area contributed by atoms with E-state index < -0.39 is 11.9 Å². The molecule has 1 amide bonds. The van der Waals surface area contributed by atoms with E-state index in [-0.39, 0.29) is 24.8 Å². The average Bonchev–Trinajstić information content (AvgIpc) is 3.15. The number of carboxylic acid groups (broad SMARTS) is 1. The monoisotopic (exact) mass is 348 g/mol. The van der Waals surface area contributed by atoms with E-state index in [1.807, 2.05) is 31.4 Å². The molecule has 0 spiro atoms. The number of aliphatic carboxylic acids is 1. The van der Waals surface area contributed by atoms with E-state index in [1.165, 1.54) is 11.3 Å². The lowest BCUT2D eigenvalue weighted by molar-refractivity contribution is -0.146. The zero-order chi connectivity index (χ0) is 17.3. The van der Waals surface area contributed by atoms with Gasteiger partial charge in [-0.3, -0.25) is 9.59 Å². The van der Waals surface area contributed by atoms with Crippen LogP contribution in [-0.4, -0.2) is 40.0 Å². The standard InChI is InChI=1S/C17H20N2O4S/c1-10-5-12(17(21)22)8-19(7-10)15(20)6-13-9-24-16(18-13)14-4-3-11(2)23-14/h3-4,9-10,12H,5-8H2,1-2H3,(H,21,22). The van der Waals surface area contributed by atoms with Crippen molar-refractivity contribution in [3.63, 3.8) is 0 Å². The van der Waals surface area contributed by atoms with E-state index in [0.717, 1.165) is 10.8 Å². The Morgan fingerprint density at radius 1 is 1.42 bits per heavy atom. The molecule has 0 aliphatic carbocycles. The second kappa shape index (κ2) is 6.76. The fourth-order valence-corrected chi connectivity index (χ4v) is 3.83. The third kappa shape index (κ3) is 3.67. The molecule has 1 fully saturated rings. The molecule has 2 unspecified atom stereocenters. The molecule has 1 aliphatic rings. The predicted molar refractivity (Wildman–Crippen MR) is 89.7 cm³/mol. The van der Waals surface area contributed by atoms with Crippen molar-refractivity contribution >= 4 is 23.2 Å². The number of nitrogens with zero attached hydrogens (tertiary/aromatic N) is 2. The zero-order valence-corrected chi connectivity index (χ0v) is 14.5. The summed E-state index contributed by atoms with van der Waals surface area (Å²) in [5.74, 6) is 0.341. The summed E-state index contributed by atoms with van der Waals surface area (Å²) in [4.78, 5) is 29.9. The van der Waals surface area contributed by atoms with Gasteiger partial charge in [-0.05, 0) is 31.4 Å². The number of furan rings is 1. The number of hydrogen-bond donors (Lipinski definition) is 1. The Bertz CT molecular complexity index is 751. The van der Waals surface area contributed by atoms with Gasteiger partial charge in [0.05, 0.1) is 18.0 Å². The topological polar surface area (TPSA) is 83.6 Å². The lowest BCUT2D eigenvalue weighted by Crippen LogP contribution is -2.46. The van der Waals surface area contributed by atoms with Crippen molar-refractivity contribution in [3.8, 4) is 10.8 Å². The summed E-state index contributed by atoms with van der Waals surface area (Å²) in [6.07, 6.45) is 0.813. The average molecular weight is 348 g/mol. The fourth-order valence-electron chi connectivity index (χ4n) is 3.05. The second-order valence-electron chi connectivity index (χ2n) is 6.41. The van der Waals surface area contributed by atoms with Gasteiger partial charge in [0.25, 0.3) is 0 Å². The van der Waals surface area contributed by atoms with Crippen LogP contribution in [0.1, 0.15) is 24.8 Å². The Morgan fingerprint density at radius 2 is 2.21 bits per heavy atom. The molecule has 1 saturated heterocycles. The minimum absolute atomic E-state index is 0.0692. The molecular weight excluding hydrogens is 328 g/mol. The first-order valence-corrected chi connectivity index (χ1v) is 8.82. The van der Waals surface area contributed by atoms with Gasteiger partial charge in [-0.25, -0.2) is 4.98 Å². The SMILES string of the molecule is Cc1ccc(-c2nc(CC(=O)N3CC(C)CC(C(=O)O)C3)cs2)o1. The Kier molecular flexibility index (Phi) is 4.71. The molecule has 0 radical (unpaired) electrons. The molecule has 2 aromatic rings. The van der Waals surface area contributed by atoms with Gasteiger partial charge in [0.15, 0.2) is 10.8 Å². The first-order valence-electron chi connectivity index (χ1n) is 7.94. The third-order valence-electron chi connectivity index (χ3n) is 4.20. The van der Waals surface area contributed by atoms with E-state index in [1.54, 1.807) is 4.90 Å². The van der Waals surface area contributed by atoms with E-state index in [0.29, 0.717) is 24.4 Å². The Hall–Kier alpha value is -2.15. The summed E-state index contributed by atoms with van der Waals surface area (Å²) in [5.41, 5.74) is 0.694. The number of carbonyl (C=O) groups is 2. The minimum Gasteiger partial charge on any atom is -0.481 e. The normalized spacial score (nSPS) is 21.0. The molecule has 7 heteroatoms. The summed E-state index contributed by atoms with van der Waals surface area (Å²) in [7, 11) is 0. The van der Waals surface area contributed by atoms with Crippen molar-refractivity contribution in [2.24, 2.45) is 11.8 Å². The van der Waals surface area contributed by atoms with Crippen LogP contribution in [0.3, 0.4) is 0 Å². The highest BCUT2D eigenvalue weighted by molar-refractivity contribution is 7.13. The van der Waals surface area contributed by atoms with Gasteiger partial charge in [-0.2, -0.15) is 0 Å². The highest BCUT2D eigenvalue weighted by atomic mass is 32.1. The van der Waals surface area contributed by atoms with Crippen LogP contribution in [0.15, 0.2) is 21.9 Å². The molecular formula is C17H20N2O4S. The maximum absolute atomic E-state index is 12.5. The number of aryl methyl sites for hydroxylation is 1. The molecule has 1 aliphatic heterocycles. The molecule has 1 N–H and O–H groups in total. The first-order chi connectivity index (χ1) is 11.4. The number of hydrogen-bond acceptors (Lipinski definition) is 5.